The number of benzene rings is 3. The topological polar surface area (TPSA) is 86.7 Å². The number of anilines is 2. The number of nitrogens with zero attached hydrogens (tertiary/aromatic N) is 1. The summed E-state index contributed by atoms with van der Waals surface area (Å²) in [7, 11) is 0. The quantitative estimate of drug-likeness (QED) is 0.305. The van der Waals surface area contributed by atoms with Crippen molar-refractivity contribution in [3.8, 4) is 0 Å². The number of halogens is 1. The first-order chi connectivity index (χ1) is 15.4. The lowest BCUT2D eigenvalue weighted by atomic mass is 9.95. The Morgan fingerprint density at radius 2 is 1.56 bits per heavy atom. The van der Waals surface area contributed by atoms with E-state index in [9.17, 15) is 19.5 Å². The molecule has 3 aromatic carbocycles. The highest BCUT2D eigenvalue weighted by atomic mass is 79.9. The van der Waals surface area contributed by atoms with Crippen molar-refractivity contribution in [2.45, 2.75) is 13.0 Å². The molecule has 4 rings (SSSR count). The van der Waals surface area contributed by atoms with Crippen LogP contribution in [0.15, 0.2) is 88.9 Å². The third kappa shape index (κ3) is 4.07. The van der Waals surface area contributed by atoms with Crippen molar-refractivity contribution >= 4 is 50.7 Å². The van der Waals surface area contributed by atoms with Gasteiger partial charge in [0, 0.05) is 28.3 Å². The molecule has 1 atom stereocenters. The summed E-state index contributed by atoms with van der Waals surface area (Å²) in [6.45, 7) is 1.41. The second-order valence-electron chi connectivity index (χ2n) is 7.31. The standard InChI is InChI=1S/C25H19BrN2O4/c1-15(29)27-19-11-13-20(14-12-19)28-22(16-7-9-18(26)10-8-16)21(24(31)25(28)32)23(30)17-5-3-2-4-6-17/h2-14,22,30H,1H3,(H,27,29)/b23-21-. The maximum Gasteiger partial charge on any atom is 0.300 e. The fraction of sp³-hybridized carbons (Fsp3) is 0.0800. The maximum absolute atomic E-state index is 13.1. The van der Waals surface area contributed by atoms with E-state index in [2.05, 4.69) is 21.2 Å². The van der Waals surface area contributed by atoms with Gasteiger partial charge in [0.15, 0.2) is 0 Å². The van der Waals surface area contributed by atoms with Crippen LogP contribution in [-0.2, 0) is 14.4 Å². The Hall–Kier alpha value is -3.71. The molecular weight excluding hydrogens is 472 g/mol. The number of nitrogens with one attached hydrogen (secondary N) is 1. The first-order valence-electron chi connectivity index (χ1n) is 9.86. The first kappa shape index (κ1) is 21.5. The van der Waals surface area contributed by atoms with Crippen molar-refractivity contribution in [3.63, 3.8) is 0 Å². The molecule has 1 aliphatic rings. The molecule has 0 aromatic heterocycles. The third-order valence-corrected chi connectivity index (χ3v) is 5.67. The number of hydrogen-bond donors (Lipinski definition) is 2. The van der Waals surface area contributed by atoms with Crippen molar-refractivity contribution in [2.75, 3.05) is 10.2 Å². The van der Waals surface area contributed by atoms with Gasteiger partial charge in [0.1, 0.15) is 5.76 Å². The van der Waals surface area contributed by atoms with Crippen LogP contribution in [0.3, 0.4) is 0 Å². The van der Waals surface area contributed by atoms with Gasteiger partial charge < -0.3 is 10.4 Å². The van der Waals surface area contributed by atoms with Crippen molar-refractivity contribution in [2.24, 2.45) is 0 Å². The summed E-state index contributed by atoms with van der Waals surface area (Å²) in [5.41, 5.74) is 2.20. The number of aliphatic hydroxyl groups excluding tert-OH is 1. The van der Waals surface area contributed by atoms with E-state index in [0.29, 0.717) is 22.5 Å². The fourth-order valence-corrected chi connectivity index (χ4v) is 3.98. The van der Waals surface area contributed by atoms with Crippen LogP contribution in [0.1, 0.15) is 24.1 Å². The van der Waals surface area contributed by atoms with Crippen LogP contribution in [0.25, 0.3) is 5.76 Å². The Morgan fingerprint density at radius 3 is 2.16 bits per heavy atom. The Morgan fingerprint density at radius 1 is 0.938 bits per heavy atom. The lowest BCUT2D eigenvalue weighted by Crippen LogP contribution is -2.29. The van der Waals surface area contributed by atoms with Crippen molar-refractivity contribution in [1.29, 1.82) is 0 Å². The van der Waals surface area contributed by atoms with Gasteiger partial charge in [-0.1, -0.05) is 58.4 Å². The average Bonchev–Trinajstić information content (AvgIpc) is 3.05. The SMILES string of the molecule is CC(=O)Nc1ccc(N2C(=O)C(=O)/C(=C(\O)c3ccccc3)C2c2ccc(Br)cc2)cc1. The molecule has 1 unspecified atom stereocenters. The molecule has 0 spiro atoms. The molecule has 2 N–H and O–H groups in total. The second kappa shape index (κ2) is 8.80. The highest BCUT2D eigenvalue weighted by Crippen LogP contribution is 2.42. The van der Waals surface area contributed by atoms with Crippen molar-refractivity contribution < 1.29 is 19.5 Å². The molecule has 6 nitrogen and oxygen atoms in total. The summed E-state index contributed by atoms with van der Waals surface area (Å²) < 4.78 is 0.848. The van der Waals surface area contributed by atoms with Crippen LogP contribution < -0.4 is 10.2 Å². The van der Waals surface area contributed by atoms with E-state index < -0.39 is 17.7 Å². The van der Waals surface area contributed by atoms with Gasteiger partial charge in [-0.15, -0.1) is 0 Å². The monoisotopic (exact) mass is 490 g/mol. The van der Waals surface area contributed by atoms with E-state index >= 15 is 0 Å². The van der Waals surface area contributed by atoms with Gasteiger partial charge in [0.05, 0.1) is 11.6 Å². The minimum absolute atomic E-state index is 0.0226. The van der Waals surface area contributed by atoms with Crippen LogP contribution in [0, 0.1) is 0 Å². The number of ketones is 1. The van der Waals surface area contributed by atoms with E-state index in [1.165, 1.54) is 11.8 Å². The molecule has 3 aromatic rings. The fourth-order valence-electron chi connectivity index (χ4n) is 3.72. The molecule has 32 heavy (non-hydrogen) atoms. The minimum atomic E-state index is -0.810. The lowest BCUT2D eigenvalue weighted by molar-refractivity contribution is -0.132. The molecule has 1 fully saturated rings. The molecule has 160 valence electrons. The summed E-state index contributed by atoms with van der Waals surface area (Å²) in [6.07, 6.45) is 0. The Bertz CT molecular complexity index is 1220. The van der Waals surface area contributed by atoms with Gasteiger partial charge >= 0.3 is 0 Å². The molecular formula is C25H19BrN2O4. The zero-order valence-electron chi connectivity index (χ0n) is 17.1. The number of hydrogen-bond acceptors (Lipinski definition) is 4. The smallest absolute Gasteiger partial charge is 0.300 e. The molecule has 0 aliphatic carbocycles. The largest absolute Gasteiger partial charge is 0.507 e. The van der Waals surface area contributed by atoms with Gasteiger partial charge in [-0.05, 0) is 42.0 Å². The number of carbonyl (C=O) groups is 3. The molecule has 2 amide bonds. The Kier molecular flexibility index (Phi) is 5.92. The molecule has 1 saturated heterocycles. The van der Waals surface area contributed by atoms with Gasteiger partial charge in [0.25, 0.3) is 11.7 Å². The highest BCUT2D eigenvalue weighted by Gasteiger charge is 2.46. The first-order valence-corrected chi connectivity index (χ1v) is 10.7. The molecule has 1 heterocycles. The highest BCUT2D eigenvalue weighted by molar-refractivity contribution is 9.10. The maximum atomic E-state index is 13.1. The number of rotatable bonds is 4. The summed E-state index contributed by atoms with van der Waals surface area (Å²) in [6, 6.07) is 21.7. The normalized spacial score (nSPS) is 17.4. The van der Waals surface area contributed by atoms with E-state index in [4.69, 9.17) is 0 Å². The summed E-state index contributed by atoms with van der Waals surface area (Å²) in [5.74, 6) is -1.93. The molecule has 0 saturated carbocycles. The summed E-state index contributed by atoms with van der Waals surface area (Å²) in [4.78, 5) is 38.9. The van der Waals surface area contributed by atoms with E-state index in [1.54, 1.807) is 66.7 Å². The van der Waals surface area contributed by atoms with Gasteiger partial charge in [-0.2, -0.15) is 0 Å². The third-order valence-electron chi connectivity index (χ3n) is 5.14. The molecule has 7 heteroatoms. The van der Waals surface area contributed by atoms with Gasteiger partial charge in [-0.25, -0.2) is 0 Å². The van der Waals surface area contributed by atoms with Gasteiger partial charge in [-0.3, -0.25) is 19.3 Å². The van der Waals surface area contributed by atoms with Crippen LogP contribution in [0.2, 0.25) is 0 Å². The van der Waals surface area contributed by atoms with Crippen molar-refractivity contribution in [3.05, 3.63) is 100 Å². The van der Waals surface area contributed by atoms with Crippen LogP contribution >= 0.6 is 15.9 Å². The Labute approximate surface area is 193 Å². The molecule has 1 aliphatic heterocycles. The average molecular weight is 491 g/mol. The van der Waals surface area contributed by atoms with Crippen LogP contribution in [0.4, 0.5) is 11.4 Å². The summed E-state index contributed by atoms with van der Waals surface area (Å²) in [5, 5.41) is 13.7. The molecule has 0 radical (unpaired) electrons. The van der Waals surface area contributed by atoms with E-state index in [1.807, 2.05) is 12.1 Å². The Balaban J connectivity index is 1.87. The zero-order chi connectivity index (χ0) is 22.8. The number of Topliss-reactive ketones (excluding diaryl/α,β-unsaturated/α-hetero) is 1. The number of amides is 2. The lowest BCUT2D eigenvalue weighted by Gasteiger charge is -2.25. The predicted molar refractivity (Wildman–Crippen MR) is 126 cm³/mol. The van der Waals surface area contributed by atoms with Crippen molar-refractivity contribution in [1.82, 2.24) is 0 Å². The van der Waals surface area contributed by atoms with Crippen LogP contribution in [0.5, 0.6) is 0 Å². The van der Waals surface area contributed by atoms with Crippen LogP contribution in [-0.4, -0.2) is 22.7 Å². The predicted octanol–water partition coefficient (Wildman–Crippen LogP) is 5.03. The van der Waals surface area contributed by atoms with E-state index in [0.717, 1.165) is 4.47 Å². The minimum Gasteiger partial charge on any atom is -0.507 e. The van der Waals surface area contributed by atoms with Gasteiger partial charge in [0.2, 0.25) is 5.91 Å². The number of carbonyl (C=O) groups excluding carboxylic acids is 3. The zero-order valence-corrected chi connectivity index (χ0v) is 18.7. The summed E-state index contributed by atoms with van der Waals surface area (Å²) >= 11 is 3.40. The second-order valence-corrected chi connectivity index (χ2v) is 8.23. The van der Waals surface area contributed by atoms with E-state index in [-0.39, 0.29) is 17.2 Å². The molecule has 0 bridgehead atoms. The number of aliphatic hydroxyl groups is 1.